The van der Waals surface area contributed by atoms with Crippen molar-refractivity contribution in [2.45, 2.75) is 6.92 Å². The highest BCUT2D eigenvalue weighted by molar-refractivity contribution is 7.22. The molecule has 0 radical (unpaired) electrons. The number of amides is 1. The average Bonchev–Trinajstić information content (AvgIpc) is 3.50. The summed E-state index contributed by atoms with van der Waals surface area (Å²) in [5.41, 5.74) is 4.73. The largest absolute Gasteiger partial charge is 0.339 e. The number of hydrogen-bond donors (Lipinski definition) is 2. The van der Waals surface area contributed by atoms with Gasteiger partial charge in [0.2, 0.25) is 0 Å². The number of rotatable bonds is 5. The number of carbonyl (C=O) groups is 1. The predicted molar refractivity (Wildman–Crippen MR) is 139 cm³/mol. The van der Waals surface area contributed by atoms with Crippen LogP contribution in [0.4, 0.5) is 16.6 Å². The molecule has 0 aliphatic carbocycles. The number of thiazole rings is 1. The zero-order valence-corrected chi connectivity index (χ0v) is 19.5. The van der Waals surface area contributed by atoms with E-state index in [1.807, 2.05) is 73.7 Å². The number of aryl methyl sites for hydroxylation is 1. The highest BCUT2D eigenvalue weighted by Gasteiger charge is 2.15. The second-order valence-corrected chi connectivity index (χ2v) is 8.98. The van der Waals surface area contributed by atoms with Crippen LogP contribution in [0.25, 0.3) is 26.9 Å². The lowest BCUT2D eigenvalue weighted by Crippen LogP contribution is -2.12. The van der Waals surface area contributed by atoms with Crippen molar-refractivity contribution in [2.24, 2.45) is 0 Å². The Bertz CT molecular complexity index is 1660. The molecule has 170 valence electrons. The molecule has 8 nitrogen and oxygen atoms in total. The van der Waals surface area contributed by atoms with Crippen LogP contribution in [0, 0.1) is 6.92 Å². The monoisotopic (exact) mass is 477 g/mol. The minimum atomic E-state index is -0.225. The van der Waals surface area contributed by atoms with Gasteiger partial charge in [-0.25, -0.2) is 19.6 Å². The molecule has 2 N–H and O–H groups in total. The van der Waals surface area contributed by atoms with Gasteiger partial charge in [0, 0.05) is 11.3 Å². The van der Waals surface area contributed by atoms with Crippen molar-refractivity contribution in [1.82, 2.24) is 24.7 Å². The summed E-state index contributed by atoms with van der Waals surface area (Å²) < 4.78 is 2.80. The van der Waals surface area contributed by atoms with Crippen molar-refractivity contribution >= 4 is 55.1 Å². The van der Waals surface area contributed by atoms with Gasteiger partial charge in [-0.1, -0.05) is 47.7 Å². The highest BCUT2D eigenvalue weighted by atomic mass is 32.1. The van der Waals surface area contributed by atoms with Gasteiger partial charge in [0.05, 0.1) is 27.5 Å². The molecule has 3 aromatic heterocycles. The lowest BCUT2D eigenvalue weighted by atomic mass is 10.1. The Balaban J connectivity index is 1.29. The van der Waals surface area contributed by atoms with E-state index in [2.05, 4.69) is 30.7 Å². The molecular weight excluding hydrogens is 458 g/mol. The third kappa shape index (κ3) is 3.98. The van der Waals surface area contributed by atoms with E-state index < -0.39 is 0 Å². The molecule has 3 heterocycles. The summed E-state index contributed by atoms with van der Waals surface area (Å²) in [4.78, 5) is 26.3. The lowest BCUT2D eigenvalue weighted by Gasteiger charge is -2.11. The number of benzene rings is 3. The minimum Gasteiger partial charge on any atom is -0.339 e. The van der Waals surface area contributed by atoms with Crippen molar-refractivity contribution in [3.8, 4) is 5.69 Å². The summed E-state index contributed by atoms with van der Waals surface area (Å²) >= 11 is 1.45. The Morgan fingerprint density at radius 2 is 1.80 bits per heavy atom. The van der Waals surface area contributed by atoms with Gasteiger partial charge in [-0.2, -0.15) is 5.10 Å². The number of fused-ring (bicyclic) bond motifs is 2. The van der Waals surface area contributed by atoms with Gasteiger partial charge in [-0.3, -0.25) is 10.1 Å². The number of nitrogens with zero attached hydrogens (tertiary/aromatic N) is 5. The second-order valence-electron chi connectivity index (χ2n) is 7.95. The minimum absolute atomic E-state index is 0.225. The Hall–Kier alpha value is -4.63. The van der Waals surface area contributed by atoms with E-state index in [9.17, 15) is 4.79 Å². The van der Waals surface area contributed by atoms with Crippen molar-refractivity contribution in [3.05, 3.63) is 96.4 Å². The molecule has 0 aliphatic heterocycles. The molecule has 35 heavy (non-hydrogen) atoms. The van der Waals surface area contributed by atoms with E-state index in [1.54, 1.807) is 16.9 Å². The van der Waals surface area contributed by atoms with Crippen LogP contribution in [0.1, 0.15) is 15.9 Å². The summed E-state index contributed by atoms with van der Waals surface area (Å²) in [7, 11) is 0. The van der Waals surface area contributed by atoms with Crippen LogP contribution in [0.3, 0.4) is 0 Å². The molecule has 0 atom stereocenters. The number of carbonyl (C=O) groups excluding carboxylic acids is 1. The van der Waals surface area contributed by atoms with Crippen molar-refractivity contribution < 1.29 is 4.79 Å². The maximum absolute atomic E-state index is 13.0. The topological polar surface area (TPSA) is 97.6 Å². The van der Waals surface area contributed by atoms with Gasteiger partial charge in [-0.15, -0.1) is 0 Å². The summed E-state index contributed by atoms with van der Waals surface area (Å²) in [5, 5.41) is 12.1. The van der Waals surface area contributed by atoms with Gasteiger partial charge in [-0.05, 0) is 48.9 Å². The van der Waals surface area contributed by atoms with Gasteiger partial charge in [0.1, 0.15) is 12.1 Å². The first-order chi connectivity index (χ1) is 17.2. The standard InChI is InChI=1S/C26H19N7OS/c1-16-11-12-17(25(34)32-26-31-20-9-5-6-10-22(20)35-26)13-21(16)30-23-19-14-29-33(24(19)28-15-27-23)18-7-3-2-4-8-18/h2-15H,1H3,(H,27,28,30)(H,31,32,34). The first-order valence-corrected chi connectivity index (χ1v) is 11.8. The molecule has 1 amide bonds. The van der Waals surface area contributed by atoms with E-state index in [0.29, 0.717) is 22.2 Å². The molecule has 6 rings (SSSR count). The predicted octanol–water partition coefficient (Wildman–Crippen LogP) is 5.73. The molecule has 6 aromatic rings. The normalized spacial score (nSPS) is 11.1. The Morgan fingerprint density at radius 3 is 2.66 bits per heavy atom. The van der Waals surface area contributed by atoms with E-state index in [1.165, 1.54) is 17.7 Å². The third-order valence-corrected chi connectivity index (χ3v) is 6.59. The van der Waals surface area contributed by atoms with Crippen LogP contribution in [-0.4, -0.2) is 30.6 Å². The molecule has 9 heteroatoms. The third-order valence-electron chi connectivity index (χ3n) is 5.63. The number of aromatic nitrogens is 5. The fourth-order valence-corrected chi connectivity index (χ4v) is 4.68. The van der Waals surface area contributed by atoms with Gasteiger partial charge in [0.25, 0.3) is 5.91 Å². The van der Waals surface area contributed by atoms with Crippen LogP contribution in [0.15, 0.2) is 85.3 Å². The van der Waals surface area contributed by atoms with E-state index in [-0.39, 0.29) is 5.91 Å². The number of nitrogens with one attached hydrogen (secondary N) is 2. The van der Waals surface area contributed by atoms with E-state index >= 15 is 0 Å². The van der Waals surface area contributed by atoms with E-state index in [0.717, 1.165) is 32.5 Å². The number of anilines is 3. The van der Waals surface area contributed by atoms with Gasteiger partial charge in [0.15, 0.2) is 10.8 Å². The smallest absolute Gasteiger partial charge is 0.257 e. The lowest BCUT2D eigenvalue weighted by molar-refractivity contribution is 0.102. The average molecular weight is 478 g/mol. The summed E-state index contributed by atoms with van der Waals surface area (Å²) in [6.45, 7) is 1.98. The molecule has 0 fully saturated rings. The summed E-state index contributed by atoms with van der Waals surface area (Å²) in [5.74, 6) is 0.390. The number of hydrogen-bond acceptors (Lipinski definition) is 7. The zero-order chi connectivity index (χ0) is 23.8. The molecule has 3 aromatic carbocycles. The SMILES string of the molecule is Cc1ccc(C(=O)Nc2nc3ccccc3s2)cc1Nc1ncnc2c1cnn2-c1ccccc1. The van der Waals surface area contributed by atoms with Crippen LogP contribution in [0.2, 0.25) is 0 Å². The van der Waals surface area contributed by atoms with Gasteiger partial charge < -0.3 is 5.32 Å². The van der Waals surface area contributed by atoms with E-state index in [4.69, 9.17) is 0 Å². The second kappa shape index (κ2) is 8.62. The summed E-state index contributed by atoms with van der Waals surface area (Å²) in [6.07, 6.45) is 3.24. The van der Waals surface area contributed by atoms with Crippen LogP contribution in [-0.2, 0) is 0 Å². The number of para-hydroxylation sites is 2. The first-order valence-electron chi connectivity index (χ1n) is 10.9. The molecular formula is C26H19N7OS. The Kier molecular flexibility index (Phi) is 5.16. The maximum atomic E-state index is 13.0. The van der Waals surface area contributed by atoms with Crippen molar-refractivity contribution in [2.75, 3.05) is 10.6 Å². The highest BCUT2D eigenvalue weighted by Crippen LogP contribution is 2.28. The van der Waals surface area contributed by atoms with Crippen LogP contribution in [0.5, 0.6) is 0 Å². The molecule has 0 saturated carbocycles. The van der Waals surface area contributed by atoms with Crippen molar-refractivity contribution in [1.29, 1.82) is 0 Å². The maximum Gasteiger partial charge on any atom is 0.257 e. The fraction of sp³-hybridized carbons (Fsp3) is 0.0385. The Morgan fingerprint density at radius 1 is 0.971 bits per heavy atom. The Labute approximate surface area is 204 Å². The fourth-order valence-electron chi connectivity index (χ4n) is 3.82. The van der Waals surface area contributed by atoms with Crippen LogP contribution < -0.4 is 10.6 Å². The molecule has 0 spiro atoms. The zero-order valence-electron chi connectivity index (χ0n) is 18.6. The molecule has 0 saturated heterocycles. The van der Waals surface area contributed by atoms with Gasteiger partial charge >= 0.3 is 0 Å². The summed E-state index contributed by atoms with van der Waals surface area (Å²) in [6, 6.07) is 23.1. The first kappa shape index (κ1) is 20.9. The van der Waals surface area contributed by atoms with Crippen LogP contribution >= 0.6 is 11.3 Å². The molecule has 0 bridgehead atoms. The van der Waals surface area contributed by atoms with Crippen molar-refractivity contribution in [3.63, 3.8) is 0 Å². The molecule has 0 aliphatic rings. The molecule has 0 unspecified atom stereocenters. The quantitative estimate of drug-likeness (QED) is 0.329.